The zero-order chi connectivity index (χ0) is 46.7. The molecule has 0 aliphatic carbocycles. The van der Waals surface area contributed by atoms with Crippen molar-refractivity contribution in [3.05, 3.63) is 107 Å². The molecule has 6 N–H and O–H groups in total. The van der Waals surface area contributed by atoms with Gasteiger partial charge in [-0.2, -0.15) is 0 Å². The molecular formula is C54H68N8O5S. The van der Waals surface area contributed by atoms with Crippen LogP contribution in [0.1, 0.15) is 73.1 Å². The molecule has 2 fully saturated rings. The Labute approximate surface area is 404 Å². The SMILES string of the molecule is NC(=O)Nc1c(CCCCN2CCCN(c3cccc4c3OCCC4)CC2)oc2ccccc12.NC(=O)Nc1c(CCCCN2CCCN(c3cccc4c3OCCC4)CC2)sc2ccccc12. The Morgan fingerprint density at radius 3 is 1.74 bits per heavy atom. The van der Waals surface area contributed by atoms with Crippen LogP contribution in [0, 0.1) is 0 Å². The second-order valence-corrected chi connectivity index (χ2v) is 19.6. The van der Waals surface area contributed by atoms with Gasteiger partial charge in [0.1, 0.15) is 22.8 Å². The Hall–Kier alpha value is -5.96. The molecule has 0 radical (unpaired) electrons. The van der Waals surface area contributed by atoms with Gasteiger partial charge in [-0.25, -0.2) is 9.59 Å². The summed E-state index contributed by atoms with van der Waals surface area (Å²) < 4.78 is 19.3. The largest absolute Gasteiger partial charge is 0.491 e. The van der Waals surface area contributed by atoms with E-state index in [1.165, 1.54) is 38.5 Å². The smallest absolute Gasteiger partial charge is 0.316 e. The number of amides is 4. The van der Waals surface area contributed by atoms with Gasteiger partial charge < -0.3 is 55.6 Å². The van der Waals surface area contributed by atoms with E-state index in [2.05, 4.69) is 78.8 Å². The molecule has 4 aliphatic heterocycles. The molecule has 0 bridgehead atoms. The standard InChI is InChI=1S/C27H34N4O3.C27H34N4O2S/c2*28-27(32)29-25-21-10-1-2-12-23(21)34-24(25)13-3-4-14-30-15-7-16-31(18-17-30)22-11-5-8-20-9-6-19-33-26(20)22/h2*1-2,5,8,10-12H,3-4,6-7,9,13-19H2,(H3,28,29,32). The summed E-state index contributed by atoms with van der Waals surface area (Å²) in [6.45, 7) is 12.5. The van der Waals surface area contributed by atoms with Crippen molar-refractivity contribution in [1.29, 1.82) is 0 Å². The summed E-state index contributed by atoms with van der Waals surface area (Å²) in [5.41, 5.74) is 18.5. The monoisotopic (exact) mass is 941 g/mol. The molecule has 360 valence electrons. The van der Waals surface area contributed by atoms with E-state index >= 15 is 0 Å². The number of furan rings is 1. The number of carbonyl (C=O) groups excluding carboxylic acids is 2. The molecule has 0 atom stereocenters. The number of carbonyl (C=O) groups is 2. The van der Waals surface area contributed by atoms with Crippen molar-refractivity contribution in [1.82, 2.24) is 9.80 Å². The molecule has 14 heteroatoms. The van der Waals surface area contributed by atoms with Gasteiger partial charge in [-0.15, -0.1) is 11.3 Å². The van der Waals surface area contributed by atoms with E-state index in [-0.39, 0.29) is 0 Å². The molecule has 4 amide bonds. The summed E-state index contributed by atoms with van der Waals surface area (Å²) in [5.74, 6) is 3.02. The number of para-hydroxylation sites is 3. The van der Waals surface area contributed by atoms with Gasteiger partial charge in [0.15, 0.2) is 0 Å². The fraction of sp³-hybridized carbons (Fsp3) is 0.444. The lowest BCUT2D eigenvalue weighted by Crippen LogP contribution is -2.32. The number of anilines is 4. The van der Waals surface area contributed by atoms with E-state index < -0.39 is 12.1 Å². The minimum absolute atomic E-state index is 0.496. The number of hydrogen-bond donors (Lipinski definition) is 4. The molecule has 6 aromatic rings. The highest BCUT2D eigenvalue weighted by atomic mass is 32.1. The molecule has 4 aromatic carbocycles. The Bertz CT molecular complexity index is 2470. The van der Waals surface area contributed by atoms with Gasteiger partial charge in [-0.1, -0.05) is 54.6 Å². The number of benzene rings is 4. The Kier molecular flexibility index (Phi) is 15.9. The first-order valence-electron chi connectivity index (χ1n) is 25.0. The Balaban J connectivity index is 0.000000170. The topological polar surface area (TPSA) is 155 Å². The molecule has 0 spiro atoms. The van der Waals surface area contributed by atoms with Crippen molar-refractivity contribution >= 4 is 67.2 Å². The minimum Gasteiger partial charge on any atom is -0.491 e. The molecule has 2 saturated heterocycles. The predicted molar refractivity (Wildman–Crippen MR) is 277 cm³/mol. The molecule has 4 aliphatic rings. The van der Waals surface area contributed by atoms with Crippen molar-refractivity contribution < 1.29 is 23.5 Å². The lowest BCUT2D eigenvalue weighted by atomic mass is 10.0. The molecule has 10 rings (SSSR count). The normalized spacial score (nSPS) is 16.6. The van der Waals surface area contributed by atoms with Crippen LogP contribution in [0.5, 0.6) is 11.5 Å². The lowest BCUT2D eigenvalue weighted by molar-refractivity contribution is 0.258. The number of nitrogens with zero attached hydrogens (tertiary/aromatic N) is 4. The van der Waals surface area contributed by atoms with Crippen molar-refractivity contribution in [3.8, 4) is 11.5 Å². The van der Waals surface area contributed by atoms with Crippen molar-refractivity contribution in [2.24, 2.45) is 11.5 Å². The quantitative estimate of drug-likeness (QED) is 0.0782. The van der Waals surface area contributed by atoms with E-state index in [1.54, 1.807) is 11.3 Å². The number of rotatable bonds is 14. The van der Waals surface area contributed by atoms with E-state index in [0.29, 0.717) is 5.69 Å². The average Bonchev–Trinajstić information content (AvgIpc) is 3.62. The second kappa shape index (κ2) is 22.9. The van der Waals surface area contributed by atoms with Gasteiger partial charge in [0.25, 0.3) is 0 Å². The molecule has 68 heavy (non-hydrogen) atoms. The summed E-state index contributed by atoms with van der Waals surface area (Å²) in [5, 5.41) is 7.60. The number of thiophene rings is 1. The first-order valence-corrected chi connectivity index (χ1v) is 25.8. The number of urea groups is 2. The van der Waals surface area contributed by atoms with E-state index in [1.807, 2.05) is 36.4 Å². The Morgan fingerprint density at radius 2 is 1.12 bits per heavy atom. The zero-order valence-electron chi connectivity index (χ0n) is 39.4. The first kappa shape index (κ1) is 47.1. The minimum atomic E-state index is -0.563. The van der Waals surface area contributed by atoms with E-state index in [9.17, 15) is 9.59 Å². The van der Waals surface area contributed by atoms with Gasteiger partial charge in [0, 0.05) is 66.0 Å². The van der Waals surface area contributed by atoms with Gasteiger partial charge in [0.2, 0.25) is 0 Å². The van der Waals surface area contributed by atoms with Crippen LogP contribution < -0.4 is 41.4 Å². The van der Waals surface area contributed by atoms with Crippen LogP contribution >= 0.6 is 11.3 Å². The molecule has 0 unspecified atom stereocenters. The number of ether oxygens (including phenoxy) is 2. The number of nitrogens with one attached hydrogen (secondary N) is 2. The number of nitrogens with two attached hydrogens (primary N) is 2. The molecule has 6 heterocycles. The van der Waals surface area contributed by atoms with Gasteiger partial charge in [-0.3, -0.25) is 0 Å². The summed E-state index contributed by atoms with van der Waals surface area (Å²) in [6.07, 6.45) is 12.8. The fourth-order valence-electron chi connectivity index (χ4n) is 10.4. The van der Waals surface area contributed by atoms with Crippen LogP contribution in [-0.4, -0.2) is 101 Å². The number of aryl methyl sites for hydroxylation is 4. The zero-order valence-corrected chi connectivity index (χ0v) is 40.3. The van der Waals surface area contributed by atoms with Crippen molar-refractivity contribution in [2.45, 2.75) is 77.0 Å². The first-order chi connectivity index (χ1) is 33.4. The van der Waals surface area contributed by atoms with Crippen LogP contribution in [-0.2, 0) is 25.7 Å². The third kappa shape index (κ3) is 11.6. The summed E-state index contributed by atoms with van der Waals surface area (Å²) in [4.78, 5) is 34.4. The summed E-state index contributed by atoms with van der Waals surface area (Å²) >= 11 is 1.76. The molecule has 13 nitrogen and oxygen atoms in total. The van der Waals surface area contributed by atoms with Crippen LogP contribution in [0.25, 0.3) is 21.1 Å². The number of fused-ring (bicyclic) bond motifs is 4. The molecule has 2 aromatic heterocycles. The third-order valence-electron chi connectivity index (χ3n) is 13.8. The third-order valence-corrected chi connectivity index (χ3v) is 15.0. The Morgan fingerprint density at radius 1 is 0.559 bits per heavy atom. The summed E-state index contributed by atoms with van der Waals surface area (Å²) in [7, 11) is 0. The van der Waals surface area contributed by atoms with E-state index in [0.717, 1.165) is 189 Å². The highest BCUT2D eigenvalue weighted by Crippen LogP contribution is 2.39. The number of hydrogen-bond acceptors (Lipinski definition) is 10. The van der Waals surface area contributed by atoms with Crippen molar-refractivity contribution in [2.75, 3.05) is 99.1 Å². The van der Waals surface area contributed by atoms with Crippen LogP contribution in [0.15, 0.2) is 89.3 Å². The van der Waals surface area contributed by atoms with Crippen LogP contribution in [0.4, 0.5) is 32.3 Å². The second-order valence-electron chi connectivity index (χ2n) is 18.5. The maximum Gasteiger partial charge on any atom is 0.316 e. The van der Waals surface area contributed by atoms with Gasteiger partial charge >= 0.3 is 12.1 Å². The predicted octanol–water partition coefficient (Wildman–Crippen LogP) is 10.0. The number of unbranched alkanes of at least 4 members (excludes halogenated alkanes) is 2. The molecule has 0 saturated carbocycles. The highest BCUT2D eigenvalue weighted by Gasteiger charge is 2.24. The highest BCUT2D eigenvalue weighted by molar-refractivity contribution is 7.19. The van der Waals surface area contributed by atoms with Crippen LogP contribution in [0.2, 0.25) is 0 Å². The molecular weight excluding hydrogens is 873 g/mol. The van der Waals surface area contributed by atoms with Gasteiger partial charge in [-0.05, 0) is 138 Å². The lowest BCUT2D eigenvalue weighted by Gasteiger charge is -2.28. The summed E-state index contributed by atoms with van der Waals surface area (Å²) in [6, 6.07) is 28.1. The maximum atomic E-state index is 11.5. The van der Waals surface area contributed by atoms with E-state index in [4.69, 9.17) is 25.4 Å². The van der Waals surface area contributed by atoms with Gasteiger partial charge in [0.05, 0.1) is 36.0 Å². The number of primary amides is 2. The fourth-order valence-corrected chi connectivity index (χ4v) is 11.6. The maximum absolute atomic E-state index is 11.5. The average molecular weight is 941 g/mol. The van der Waals surface area contributed by atoms with Crippen molar-refractivity contribution in [3.63, 3.8) is 0 Å². The van der Waals surface area contributed by atoms with Crippen LogP contribution in [0.3, 0.4) is 0 Å².